The van der Waals surface area contributed by atoms with E-state index < -0.39 is 10.8 Å². The predicted octanol–water partition coefficient (Wildman–Crippen LogP) is 1.95. The first kappa shape index (κ1) is 11.1. The molecule has 4 heteroatoms. The van der Waals surface area contributed by atoms with E-state index in [2.05, 4.69) is 4.98 Å². The van der Waals surface area contributed by atoms with Crippen molar-refractivity contribution in [3.05, 3.63) is 30.1 Å². The van der Waals surface area contributed by atoms with Gasteiger partial charge in [-0.3, -0.25) is 14.0 Å². The summed E-state index contributed by atoms with van der Waals surface area (Å²) in [5.74, 6) is 0.180. The summed E-state index contributed by atoms with van der Waals surface area (Å²) in [6, 6.07) is 5.43. The van der Waals surface area contributed by atoms with Crippen molar-refractivity contribution in [2.45, 2.75) is 36.2 Å². The van der Waals surface area contributed by atoms with Crippen LogP contribution in [0.25, 0.3) is 0 Å². The zero-order valence-corrected chi connectivity index (χ0v) is 10.4. The van der Waals surface area contributed by atoms with Gasteiger partial charge in [-0.1, -0.05) is 6.07 Å². The lowest BCUT2D eigenvalue weighted by molar-refractivity contribution is 0.0901. The zero-order chi connectivity index (χ0) is 11.8. The number of hydrogen-bond acceptors (Lipinski definition) is 3. The molecule has 1 aromatic heterocycles. The molecule has 0 spiro atoms. The third kappa shape index (κ3) is 1.95. The molecule has 1 aromatic rings. The molecule has 2 aliphatic rings. The largest absolute Gasteiger partial charge is 0.292 e. The van der Waals surface area contributed by atoms with Gasteiger partial charge in [0.25, 0.3) is 0 Å². The molecule has 0 radical (unpaired) electrons. The lowest BCUT2D eigenvalue weighted by atomic mass is 9.92. The van der Waals surface area contributed by atoms with E-state index in [1.165, 1.54) is 0 Å². The van der Waals surface area contributed by atoms with Gasteiger partial charge in [-0.05, 0) is 37.8 Å². The first-order valence-electron chi connectivity index (χ1n) is 6.10. The summed E-state index contributed by atoms with van der Waals surface area (Å²) in [6.45, 7) is 0. The number of fused-ring (bicyclic) bond motifs is 2. The average Bonchev–Trinajstić information content (AvgIpc) is 2.61. The van der Waals surface area contributed by atoms with Crippen LogP contribution in [0, 0.1) is 5.92 Å². The van der Waals surface area contributed by atoms with Gasteiger partial charge in [0.05, 0.1) is 0 Å². The molecular weight excluding hydrogens is 234 g/mol. The van der Waals surface area contributed by atoms with Crippen LogP contribution >= 0.6 is 0 Å². The fourth-order valence-corrected chi connectivity index (χ4v) is 5.09. The number of pyridine rings is 1. The number of carbonyl (C=O) groups is 1. The third-order valence-corrected chi connectivity index (χ3v) is 6.02. The molecule has 3 heterocycles. The minimum absolute atomic E-state index is 0.0418. The highest BCUT2D eigenvalue weighted by molar-refractivity contribution is 7.86. The quantitative estimate of drug-likeness (QED) is 0.753. The van der Waals surface area contributed by atoms with Crippen LogP contribution in [-0.4, -0.2) is 25.5 Å². The maximum absolute atomic E-state index is 12.3. The second-order valence-corrected chi connectivity index (χ2v) is 6.89. The Morgan fingerprint density at radius 1 is 1.24 bits per heavy atom. The van der Waals surface area contributed by atoms with Crippen molar-refractivity contribution >= 4 is 16.6 Å². The Kier molecular flexibility index (Phi) is 2.82. The number of nitrogens with zero attached hydrogens (tertiary/aromatic N) is 1. The van der Waals surface area contributed by atoms with Gasteiger partial charge in [0.15, 0.2) is 5.78 Å². The van der Waals surface area contributed by atoms with Crippen molar-refractivity contribution < 1.29 is 9.00 Å². The smallest absolute Gasteiger partial charge is 0.184 e. The van der Waals surface area contributed by atoms with Gasteiger partial charge in [0.1, 0.15) is 5.69 Å². The lowest BCUT2D eigenvalue weighted by Crippen LogP contribution is -2.32. The van der Waals surface area contributed by atoms with Gasteiger partial charge in [0, 0.05) is 33.4 Å². The van der Waals surface area contributed by atoms with Crippen LogP contribution in [0.1, 0.15) is 36.2 Å². The lowest BCUT2D eigenvalue weighted by Gasteiger charge is -2.25. The van der Waals surface area contributed by atoms with Crippen LogP contribution < -0.4 is 0 Å². The van der Waals surface area contributed by atoms with Crippen molar-refractivity contribution in [1.82, 2.24) is 4.98 Å². The van der Waals surface area contributed by atoms with Crippen LogP contribution in [0.3, 0.4) is 0 Å². The van der Waals surface area contributed by atoms with E-state index >= 15 is 0 Å². The highest BCUT2D eigenvalue weighted by atomic mass is 32.2. The molecular formula is C13H15NO2S. The Labute approximate surface area is 103 Å². The van der Waals surface area contributed by atoms with E-state index in [4.69, 9.17) is 0 Å². The molecule has 2 saturated heterocycles. The maximum Gasteiger partial charge on any atom is 0.184 e. The second kappa shape index (κ2) is 4.33. The molecule has 90 valence electrons. The van der Waals surface area contributed by atoms with Crippen molar-refractivity contribution in [2.75, 3.05) is 0 Å². The third-order valence-electron chi connectivity index (χ3n) is 3.85. The van der Waals surface area contributed by atoms with Gasteiger partial charge >= 0.3 is 0 Å². The van der Waals surface area contributed by atoms with E-state index in [0.717, 1.165) is 25.7 Å². The molecule has 0 aromatic carbocycles. The topological polar surface area (TPSA) is 47.0 Å². The SMILES string of the molecule is O=C(c1ccccn1)C1CC2CCC(C1)S2=O. The molecule has 0 amide bonds. The van der Waals surface area contributed by atoms with E-state index in [9.17, 15) is 9.00 Å². The van der Waals surface area contributed by atoms with Crippen molar-refractivity contribution in [2.24, 2.45) is 5.92 Å². The van der Waals surface area contributed by atoms with Crippen LogP contribution in [0.5, 0.6) is 0 Å². The van der Waals surface area contributed by atoms with E-state index in [0.29, 0.717) is 5.69 Å². The summed E-state index contributed by atoms with van der Waals surface area (Å²) >= 11 is 0. The van der Waals surface area contributed by atoms with Crippen molar-refractivity contribution in [1.29, 1.82) is 0 Å². The van der Waals surface area contributed by atoms with Crippen LogP contribution in [0.15, 0.2) is 24.4 Å². The molecule has 0 N–H and O–H groups in total. The second-order valence-electron chi connectivity index (χ2n) is 4.90. The molecule has 2 aliphatic heterocycles. The fourth-order valence-electron chi connectivity index (χ4n) is 2.96. The monoisotopic (exact) mass is 249 g/mol. The Balaban J connectivity index is 1.79. The van der Waals surface area contributed by atoms with Crippen molar-refractivity contribution in [3.63, 3.8) is 0 Å². The number of hydrogen-bond donors (Lipinski definition) is 0. The molecule has 3 rings (SSSR count). The molecule has 2 unspecified atom stereocenters. The van der Waals surface area contributed by atoms with Crippen LogP contribution in [-0.2, 0) is 10.8 Å². The van der Waals surface area contributed by atoms with Gasteiger partial charge < -0.3 is 0 Å². The zero-order valence-electron chi connectivity index (χ0n) is 9.54. The first-order valence-corrected chi connectivity index (χ1v) is 7.38. The first-order chi connectivity index (χ1) is 8.25. The summed E-state index contributed by atoms with van der Waals surface area (Å²) in [4.78, 5) is 16.4. The summed E-state index contributed by atoms with van der Waals surface area (Å²) in [5.41, 5.74) is 0.560. The van der Waals surface area contributed by atoms with Gasteiger partial charge in [-0.2, -0.15) is 0 Å². The van der Waals surface area contributed by atoms with Gasteiger partial charge in [-0.15, -0.1) is 0 Å². The van der Waals surface area contributed by atoms with Crippen molar-refractivity contribution in [3.8, 4) is 0 Å². The maximum atomic E-state index is 12.3. The van der Waals surface area contributed by atoms with E-state index in [-0.39, 0.29) is 22.2 Å². The molecule has 2 bridgehead atoms. The average molecular weight is 249 g/mol. The Bertz CT molecular complexity index is 444. The normalized spacial score (nSPS) is 35.8. The molecule has 3 nitrogen and oxygen atoms in total. The fraction of sp³-hybridized carbons (Fsp3) is 0.538. The Morgan fingerprint density at radius 2 is 1.94 bits per heavy atom. The van der Waals surface area contributed by atoms with Crippen LogP contribution in [0.4, 0.5) is 0 Å². The highest BCUT2D eigenvalue weighted by Gasteiger charge is 2.42. The summed E-state index contributed by atoms with van der Waals surface area (Å²) in [7, 11) is -0.685. The molecule has 2 atom stereocenters. The minimum atomic E-state index is -0.685. The highest BCUT2D eigenvalue weighted by Crippen LogP contribution is 2.39. The molecule has 0 aliphatic carbocycles. The molecule has 2 fully saturated rings. The summed E-state index contributed by atoms with van der Waals surface area (Å²) < 4.78 is 11.9. The Morgan fingerprint density at radius 3 is 2.53 bits per heavy atom. The molecule has 17 heavy (non-hydrogen) atoms. The predicted molar refractivity (Wildman–Crippen MR) is 66.2 cm³/mol. The van der Waals surface area contributed by atoms with Gasteiger partial charge in [0.2, 0.25) is 0 Å². The van der Waals surface area contributed by atoms with E-state index in [1.54, 1.807) is 12.3 Å². The van der Waals surface area contributed by atoms with E-state index in [1.807, 2.05) is 12.1 Å². The molecule has 0 saturated carbocycles. The number of Topliss-reactive ketones (excluding diaryl/α,β-unsaturated/α-hetero) is 1. The van der Waals surface area contributed by atoms with Gasteiger partial charge in [-0.25, -0.2) is 0 Å². The number of ketones is 1. The number of aromatic nitrogens is 1. The number of rotatable bonds is 2. The summed E-state index contributed by atoms with van der Waals surface area (Å²) in [6.07, 6.45) is 5.30. The Hall–Kier alpha value is -1.03. The summed E-state index contributed by atoms with van der Waals surface area (Å²) in [5, 5.41) is 0.512. The minimum Gasteiger partial charge on any atom is -0.292 e. The van der Waals surface area contributed by atoms with Crippen LogP contribution in [0.2, 0.25) is 0 Å². The number of carbonyl (C=O) groups excluding carboxylic acids is 1. The standard InChI is InChI=1S/C13H15NO2S/c15-13(12-3-1-2-6-14-12)9-7-10-4-5-11(8-9)17(10)16/h1-3,6,9-11H,4-5,7-8H2.